The number of sulfonamides is 1. The second-order valence-corrected chi connectivity index (χ2v) is 18.7. The van der Waals surface area contributed by atoms with Gasteiger partial charge in [0, 0.05) is 51.2 Å². The van der Waals surface area contributed by atoms with Gasteiger partial charge in [-0.15, -0.1) is 0 Å². The van der Waals surface area contributed by atoms with Gasteiger partial charge >= 0.3 is 5.97 Å². The van der Waals surface area contributed by atoms with Crippen LogP contribution in [0.4, 0.5) is 0 Å². The van der Waals surface area contributed by atoms with E-state index in [9.17, 15) is 28.5 Å². The molecule has 0 aromatic heterocycles. The van der Waals surface area contributed by atoms with Crippen LogP contribution in [0.5, 0.6) is 0 Å². The summed E-state index contributed by atoms with van der Waals surface area (Å²) in [5, 5.41) is 32.1. The molecular formula is C37H73N5O13S. The van der Waals surface area contributed by atoms with Gasteiger partial charge in [-0.25, -0.2) is 13.1 Å². The number of methoxy groups -OCH3 is 2. The van der Waals surface area contributed by atoms with Gasteiger partial charge in [-0.1, -0.05) is 13.8 Å². The van der Waals surface area contributed by atoms with Crippen molar-refractivity contribution in [2.24, 2.45) is 23.3 Å². The summed E-state index contributed by atoms with van der Waals surface area (Å²) in [6.45, 7) is 12.2. The summed E-state index contributed by atoms with van der Waals surface area (Å²) in [5.74, 6) is -2.80. The number of carbonyl (C=O) groups is 1. The van der Waals surface area contributed by atoms with Crippen molar-refractivity contribution in [2.75, 3.05) is 54.3 Å². The normalized spacial score (nSPS) is 44.3. The zero-order valence-electron chi connectivity index (χ0n) is 35.5. The van der Waals surface area contributed by atoms with Gasteiger partial charge in [0.1, 0.15) is 24.5 Å². The van der Waals surface area contributed by atoms with E-state index in [1.54, 1.807) is 27.8 Å². The SMILES string of the molecule is CC[C@@H]1CN(C)[C@@H](C)[C@@H](NS(=O)(=O)CCO)[C@H](N)C[C@](C)(OC)[C@H](O[C@@H]2O[C@H](C)C[C@H](N(C)C)[C@H]2O)[C@@H](C)[C@H](O[C@H]2C[C@@](C)(OC)[C@@H](O)[C@H](N)O2)[C@@H](C)C(=O)O1. The lowest BCUT2D eigenvalue weighted by atomic mass is 9.77. The van der Waals surface area contributed by atoms with Crippen LogP contribution in [-0.2, 0) is 48.0 Å². The maximum atomic E-state index is 14.2. The molecule has 3 heterocycles. The fourth-order valence-corrected chi connectivity index (χ4v) is 9.45. The second kappa shape index (κ2) is 20.4. The zero-order chi connectivity index (χ0) is 42.5. The summed E-state index contributed by atoms with van der Waals surface area (Å²) in [6.07, 6.45) is -7.56. The molecule has 330 valence electrons. The van der Waals surface area contributed by atoms with E-state index in [2.05, 4.69) is 4.72 Å². The third-order valence-electron chi connectivity index (χ3n) is 12.3. The van der Waals surface area contributed by atoms with Crippen molar-refractivity contribution in [3.05, 3.63) is 0 Å². The minimum absolute atomic E-state index is 0.0139. The van der Waals surface area contributed by atoms with Crippen molar-refractivity contribution < 1.29 is 61.7 Å². The van der Waals surface area contributed by atoms with Crippen LogP contribution >= 0.6 is 0 Å². The Labute approximate surface area is 334 Å². The first-order valence-corrected chi connectivity index (χ1v) is 21.4. The minimum Gasteiger partial charge on any atom is -0.461 e. The molecule has 0 bridgehead atoms. The second-order valence-electron chi connectivity index (χ2n) is 16.8. The molecule has 17 atom stereocenters. The van der Waals surface area contributed by atoms with Crippen molar-refractivity contribution >= 4 is 16.0 Å². The summed E-state index contributed by atoms with van der Waals surface area (Å²) in [5.41, 5.74) is 10.8. The summed E-state index contributed by atoms with van der Waals surface area (Å²) in [7, 11) is 4.46. The molecule has 3 aliphatic heterocycles. The Kier molecular flexibility index (Phi) is 17.9. The van der Waals surface area contributed by atoms with Crippen LogP contribution in [0, 0.1) is 11.8 Å². The Hall–Kier alpha value is -1.14. The number of hydrogen-bond acceptors (Lipinski definition) is 17. The Balaban J connectivity index is 2.25. The third-order valence-corrected chi connectivity index (χ3v) is 13.7. The Bertz CT molecular complexity index is 1350. The Morgan fingerprint density at radius 3 is 2.20 bits per heavy atom. The lowest BCUT2D eigenvalue weighted by molar-refractivity contribution is -0.320. The molecule has 0 radical (unpaired) electrons. The van der Waals surface area contributed by atoms with E-state index in [0.29, 0.717) is 12.8 Å². The van der Waals surface area contributed by atoms with E-state index in [1.165, 1.54) is 14.2 Å². The average molecular weight is 828 g/mol. The van der Waals surface area contributed by atoms with Crippen LogP contribution in [0.25, 0.3) is 0 Å². The van der Waals surface area contributed by atoms with Gasteiger partial charge < -0.3 is 64.8 Å². The number of likely N-dealkylation sites (N-methyl/N-ethyl adjacent to an activating group) is 2. The van der Waals surface area contributed by atoms with E-state index in [0.717, 1.165) is 0 Å². The predicted molar refractivity (Wildman–Crippen MR) is 207 cm³/mol. The number of carbonyl (C=O) groups excluding carboxylic acids is 1. The average Bonchev–Trinajstić information content (AvgIpc) is 3.13. The first-order valence-electron chi connectivity index (χ1n) is 19.7. The van der Waals surface area contributed by atoms with Gasteiger partial charge in [-0.3, -0.25) is 9.69 Å². The van der Waals surface area contributed by atoms with E-state index in [1.807, 2.05) is 51.6 Å². The largest absolute Gasteiger partial charge is 0.461 e. The molecule has 0 spiro atoms. The molecule has 3 aliphatic rings. The summed E-state index contributed by atoms with van der Waals surface area (Å²) in [6, 6.07) is -2.66. The molecular weight excluding hydrogens is 754 g/mol. The maximum absolute atomic E-state index is 14.2. The van der Waals surface area contributed by atoms with Gasteiger partial charge in [0.25, 0.3) is 0 Å². The highest BCUT2D eigenvalue weighted by molar-refractivity contribution is 7.89. The number of nitrogens with two attached hydrogens (primary N) is 2. The first-order chi connectivity index (χ1) is 26.0. The monoisotopic (exact) mass is 827 g/mol. The molecule has 18 nitrogen and oxygen atoms in total. The molecule has 0 amide bonds. The van der Waals surface area contributed by atoms with Crippen molar-refractivity contribution in [1.82, 2.24) is 14.5 Å². The molecule has 3 rings (SSSR count). The minimum atomic E-state index is -3.99. The molecule has 0 aromatic carbocycles. The first kappa shape index (κ1) is 49.2. The van der Waals surface area contributed by atoms with Crippen LogP contribution in [-0.4, -0.2) is 185 Å². The van der Waals surface area contributed by atoms with Crippen LogP contribution in [0.15, 0.2) is 0 Å². The molecule has 56 heavy (non-hydrogen) atoms. The van der Waals surface area contributed by atoms with Crippen LogP contribution < -0.4 is 16.2 Å². The number of nitrogens with one attached hydrogen (secondary N) is 1. The van der Waals surface area contributed by atoms with Crippen molar-refractivity contribution in [3.8, 4) is 0 Å². The molecule has 0 saturated carbocycles. The number of ether oxygens (including phenoxy) is 7. The summed E-state index contributed by atoms with van der Waals surface area (Å²) < 4.78 is 73.1. The van der Waals surface area contributed by atoms with Gasteiger partial charge in [-0.2, -0.15) is 0 Å². The fraction of sp³-hybridized carbons (Fsp3) is 0.973. The van der Waals surface area contributed by atoms with E-state index < -0.39 is 119 Å². The number of esters is 1. The lowest BCUT2D eigenvalue weighted by Crippen LogP contribution is -2.64. The molecule has 3 saturated heterocycles. The fourth-order valence-electron chi connectivity index (χ4n) is 8.31. The standard InChI is InChI=1S/C37H73N5O13S/c1-13-24-19-42(10)23(5)28(40-56(47,48)15-14-43)25(38)17-37(7,50-12)32(55-35-29(44)26(41(8)9)16-20(2)51-35)21(3)30(22(4)34(46)52-24)53-27-18-36(6,49-11)31(45)33(39)54-27/h20-33,35,40,43-45H,13-19,38-39H2,1-12H3/t20-,21+,22-,23+,24-,25-,26+,27-,28-,29-,30+,31+,32-,33-,35+,36-,37+/m1/s1. The van der Waals surface area contributed by atoms with Gasteiger partial charge in [-0.05, 0) is 75.0 Å². The van der Waals surface area contributed by atoms with Gasteiger partial charge in [0.2, 0.25) is 10.0 Å². The summed E-state index contributed by atoms with van der Waals surface area (Å²) in [4.78, 5) is 18.0. The highest BCUT2D eigenvalue weighted by Crippen LogP contribution is 2.40. The number of nitrogens with zero attached hydrogens (tertiary/aromatic N) is 2. The van der Waals surface area contributed by atoms with Crippen molar-refractivity contribution in [1.29, 1.82) is 0 Å². The topological polar surface area (TPSA) is 247 Å². The van der Waals surface area contributed by atoms with E-state index in [4.69, 9.17) is 44.6 Å². The van der Waals surface area contributed by atoms with Crippen molar-refractivity contribution in [3.63, 3.8) is 0 Å². The predicted octanol–water partition coefficient (Wildman–Crippen LogP) is -0.689. The van der Waals surface area contributed by atoms with Crippen LogP contribution in [0.2, 0.25) is 0 Å². The van der Waals surface area contributed by atoms with Gasteiger partial charge in [0.05, 0.1) is 53.8 Å². The van der Waals surface area contributed by atoms with E-state index >= 15 is 0 Å². The Morgan fingerprint density at radius 1 is 1.02 bits per heavy atom. The molecule has 0 aromatic rings. The molecule has 0 unspecified atom stereocenters. The lowest BCUT2D eigenvalue weighted by Gasteiger charge is -2.50. The summed E-state index contributed by atoms with van der Waals surface area (Å²) >= 11 is 0. The number of aliphatic hydroxyl groups is 3. The van der Waals surface area contributed by atoms with E-state index in [-0.39, 0.29) is 31.5 Å². The number of aliphatic hydroxyl groups excluding tert-OH is 3. The molecule has 3 fully saturated rings. The smallest absolute Gasteiger partial charge is 0.311 e. The number of cyclic esters (lactones) is 1. The van der Waals surface area contributed by atoms with Crippen LogP contribution in [0.1, 0.15) is 74.1 Å². The quantitative estimate of drug-likeness (QED) is 0.133. The number of rotatable bonds is 12. The highest BCUT2D eigenvalue weighted by Gasteiger charge is 2.53. The van der Waals surface area contributed by atoms with Gasteiger partial charge in [0.15, 0.2) is 12.6 Å². The molecule has 0 aliphatic carbocycles. The number of hydrogen-bond donors (Lipinski definition) is 6. The zero-order valence-corrected chi connectivity index (χ0v) is 36.3. The van der Waals surface area contributed by atoms with Crippen molar-refractivity contribution in [2.45, 2.75) is 165 Å². The maximum Gasteiger partial charge on any atom is 0.311 e. The molecule has 8 N–H and O–H groups in total. The molecule has 19 heteroatoms. The third kappa shape index (κ3) is 11.8. The Morgan fingerprint density at radius 2 is 1.64 bits per heavy atom. The highest BCUT2D eigenvalue weighted by atomic mass is 32.2. The van der Waals surface area contributed by atoms with Crippen LogP contribution in [0.3, 0.4) is 0 Å².